The van der Waals surface area contributed by atoms with Crippen LogP contribution in [0.4, 0.5) is 0 Å². The summed E-state index contributed by atoms with van der Waals surface area (Å²) >= 11 is 6.06. The van der Waals surface area contributed by atoms with Crippen LogP contribution in [0.5, 0.6) is 0 Å². The maximum absolute atomic E-state index is 6.06. The van der Waals surface area contributed by atoms with Crippen LogP contribution in [-0.2, 0) is 0 Å². The Morgan fingerprint density at radius 3 is 2.50 bits per heavy atom. The zero-order chi connectivity index (χ0) is 10.1. The van der Waals surface area contributed by atoms with Gasteiger partial charge in [0.2, 0.25) is 5.28 Å². The minimum atomic E-state index is 0.466. The average molecular weight is 214 g/mol. The molecule has 1 heterocycles. The van der Waals surface area contributed by atoms with E-state index in [1.54, 1.807) is 0 Å². The topological polar surface area (TPSA) is 30.7 Å². The van der Waals surface area contributed by atoms with Crippen LogP contribution in [0.25, 0.3) is 0 Å². The fourth-order valence-corrected chi connectivity index (χ4v) is 2.16. The van der Waals surface area contributed by atoms with Crippen LogP contribution in [0, 0.1) is 0 Å². The highest BCUT2D eigenvalue weighted by Crippen LogP contribution is 2.41. The van der Waals surface area contributed by atoms with E-state index in [-0.39, 0.29) is 0 Å². The zero-order valence-corrected chi connectivity index (χ0v) is 9.46. The Bertz CT molecular complexity index is 313. The van der Waals surface area contributed by atoms with E-state index in [2.05, 4.69) is 28.6 Å². The molecular weight excluding hydrogens is 198 g/mol. The molecule has 1 fully saturated rings. The molecule has 1 aromatic heterocycles. The van der Waals surface area contributed by atoms with E-state index in [4.69, 9.17) is 11.6 Å². The molecule has 0 radical (unpaired) electrons. The first kappa shape index (κ1) is 9.97. The lowest BCUT2D eigenvalue weighted by Crippen LogP contribution is -2.10. The van der Waals surface area contributed by atoms with Crippen LogP contribution in [0.15, 0.2) is 0 Å². The van der Waals surface area contributed by atoms with Crippen LogP contribution in [0.1, 0.15) is 57.3 Å². The average Bonchev–Trinajstić information content (AvgIpc) is 2.96. The summed E-state index contributed by atoms with van der Waals surface area (Å²) < 4.78 is 2.12. The molecule has 1 aromatic rings. The van der Waals surface area contributed by atoms with Gasteiger partial charge in [0.1, 0.15) is 5.82 Å². The third kappa shape index (κ3) is 1.65. The lowest BCUT2D eigenvalue weighted by Gasteiger charge is -2.17. The molecule has 0 aliphatic heterocycles. The molecule has 3 nitrogen and oxygen atoms in total. The van der Waals surface area contributed by atoms with Gasteiger partial charge < -0.3 is 0 Å². The quantitative estimate of drug-likeness (QED) is 0.769. The summed E-state index contributed by atoms with van der Waals surface area (Å²) in [5, 5.41) is 8.70. The van der Waals surface area contributed by atoms with Gasteiger partial charge in [-0.2, -0.15) is 0 Å². The highest BCUT2D eigenvalue weighted by Gasteiger charge is 2.31. The van der Waals surface area contributed by atoms with Gasteiger partial charge in [0.25, 0.3) is 0 Å². The molecule has 14 heavy (non-hydrogen) atoms. The summed E-state index contributed by atoms with van der Waals surface area (Å²) in [6, 6.07) is 0.466. The van der Waals surface area contributed by atoms with Crippen LogP contribution in [0.3, 0.4) is 0 Å². The molecule has 1 aliphatic carbocycles. The Labute approximate surface area is 89.5 Å². The van der Waals surface area contributed by atoms with Gasteiger partial charge in [-0.3, -0.25) is 4.57 Å². The molecule has 78 valence electrons. The van der Waals surface area contributed by atoms with E-state index in [9.17, 15) is 0 Å². The minimum Gasteiger partial charge on any atom is -0.298 e. The minimum absolute atomic E-state index is 0.466. The number of hydrogen-bond donors (Lipinski definition) is 0. The van der Waals surface area contributed by atoms with Crippen molar-refractivity contribution in [1.82, 2.24) is 14.8 Å². The number of nitrogens with zero attached hydrogens (tertiary/aromatic N) is 3. The highest BCUT2D eigenvalue weighted by atomic mass is 35.5. The number of aromatic nitrogens is 3. The second-order valence-electron chi connectivity index (χ2n) is 3.94. The van der Waals surface area contributed by atoms with Crippen LogP contribution < -0.4 is 0 Å². The van der Waals surface area contributed by atoms with Gasteiger partial charge in [-0.05, 0) is 37.3 Å². The molecule has 0 saturated heterocycles. The smallest absolute Gasteiger partial charge is 0.225 e. The lowest BCUT2D eigenvalue weighted by atomic mass is 10.1. The molecule has 0 spiro atoms. The summed E-state index contributed by atoms with van der Waals surface area (Å²) in [5.41, 5.74) is 0. The predicted molar refractivity (Wildman–Crippen MR) is 56.6 cm³/mol. The third-order valence-electron chi connectivity index (χ3n) is 2.93. The summed E-state index contributed by atoms with van der Waals surface area (Å²) in [6.45, 7) is 4.36. The molecule has 1 aliphatic rings. The normalized spacial score (nSPS) is 16.6. The van der Waals surface area contributed by atoms with E-state index in [1.165, 1.54) is 12.8 Å². The van der Waals surface area contributed by atoms with E-state index in [0.29, 0.717) is 17.2 Å². The van der Waals surface area contributed by atoms with Crippen LogP contribution in [0.2, 0.25) is 5.28 Å². The molecule has 0 N–H and O–H groups in total. The maximum atomic E-state index is 6.06. The second kappa shape index (κ2) is 3.89. The lowest BCUT2D eigenvalue weighted by molar-refractivity contribution is 0.455. The Morgan fingerprint density at radius 1 is 1.36 bits per heavy atom. The van der Waals surface area contributed by atoms with E-state index in [1.807, 2.05) is 0 Å². The Balaban J connectivity index is 2.32. The van der Waals surface area contributed by atoms with Gasteiger partial charge in [0.05, 0.1) is 0 Å². The van der Waals surface area contributed by atoms with Crippen molar-refractivity contribution in [2.24, 2.45) is 0 Å². The molecule has 0 bridgehead atoms. The molecule has 0 aromatic carbocycles. The molecule has 0 unspecified atom stereocenters. The van der Waals surface area contributed by atoms with Crippen LogP contribution in [-0.4, -0.2) is 14.8 Å². The van der Waals surface area contributed by atoms with E-state index < -0.39 is 0 Å². The molecule has 4 heteroatoms. The standard InChI is InChI=1S/C10H16ClN3/c1-3-8(4-2)14-9(7-5-6-7)12-13-10(14)11/h7-8H,3-6H2,1-2H3. The van der Waals surface area contributed by atoms with Gasteiger partial charge in [-0.1, -0.05) is 13.8 Å². The van der Waals surface area contributed by atoms with Gasteiger partial charge in [0.15, 0.2) is 0 Å². The van der Waals surface area contributed by atoms with Crippen molar-refractivity contribution >= 4 is 11.6 Å². The second-order valence-corrected chi connectivity index (χ2v) is 4.28. The van der Waals surface area contributed by atoms with Crippen molar-refractivity contribution in [3.8, 4) is 0 Å². The summed E-state index contributed by atoms with van der Waals surface area (Å²) in [7, 11) is 0. The summed E-state index contributed by atoms with van der Waals surface area (Å²) in [5.74, 6) is 1.72. The van der Waals surface area contributed by atoms with Gasteiger partial charge in [-0.25, -0.2) is 0 Å². The van der Waals surface area contributed by atoms with Crippen molar-refractivity contribution in [1.29, 1.82) is 0 Å². The fraction of sp³-hybridized carbons (Fsp3) is 0.800. The molecular formula is C10H16ClN3. The summed E-state index contributed by atoms with van der Waals surface area (Å²) in [6.07, 6.45) is 4.67. The van der Waals surface area contributed by atoms with Crippen molar-refractivity contribution < 1.29 is 0 Å². The molecule has 0 atom stereocenters. The number of halogens is 1. The van der Waals surface area contributed by atoms with Crippen molar-refractivity contribution in [2.75, 3.05) is 0 Å². The van der Waals surface area contributed by atoms with Gasteiger partial charge in [-0.15, -0.1) is 10.2 Å². The monoisotopic (exact) mass is 213 g/mol. The van der Waals surface area contributed by atoms with E-state index >= 15 is 0 Å². The van der Waals surface area contributed by atoms with Crippen molar-refractivity contribution in [2.45, 2.75) is 51.5 Å². The number of hydrogen-bond acceptors (Lipinski definition) is 2. The fourth-order valence-electron chi connectivity index (χ4n) is 1.89. The Morgan fingerprint density at radius 2 is 2.00 bits per heavy atom. The molecule has 1 saturated carbocycles. The predicted octanol–water partition coefficient (Wildman–Crippen LogP) is 3.17. The zero-order valence-electron chi connectivity index (χ0n) is 8.70. The maximum Gasteiger partial charge on any atom is 0.225 e. The first-order chi connectivity index (χ1) is 6.77. The van der Waals surface area contributed by atoms with Crippen molar-refractivity contribution in [3.63, 3.8) is 0 Å². The first-order valence-corrected chi connectivity index (χ1v) is 5.76. The van der Waals surface area contributed by atoms with E-state index in [0.717, 1.165) is 18.7 Å². The number of rotatable bonds is 4. The Kier molecular flexibility index (Phi) is 2.77. The SMILES string of the molecule is CCC(CC)n1c(Cl)nnc1C1CC1. The Hall–Kier alpha value is -0.570. The molecule has 2 rings (SSSR count). The third-order valence-corrected chi connectivity index (χ3v) is 3.19. The van der Waals surface area contributed by atoms with Gasteiger partial charge in [0, 0.05) is 12.0 Å². The van der Waals surface area contributed by atoms with Gasteiger partial charge >= 0.3 is 0 Å². The molecule has 0 amide bonds. The van der Waals surface area contributed by atoms with Crippen molar-refractivity contribution in [3.05, 3.63) is 11.1 Å². The first-order valence-electron chi connectivity index (χ1n) is 5.38. The highest BCUT2D eigenvalue weighted by molar-refractivity contribution is 6.28. The van der Waals surface area contributed by atoms with Crippen LogP contribution >= 0.6 is 11.6 Å². The summed E-state index contributed by atoms with van der Waals surface area (Å²) in [4.78, 5) is 0. The largest absolute Gasteiger partial charge is 0.298 e.